The Labute approximate surface area is 189 Å². The molecule has 0 bridgehead atoms. The molecule has 2 amide bonds. The number of carbonyl (C=O) groups excluding carboxylic acids is 2. The first kappa shape index (κ1) is 24.7. The summed E-state index contributed by atoms with van der Waals surface area (Å²) in [4.78, 5) is 29.8. The zero-order chi connectivity index (χ0) is 22.1. The van der Waals surface area contributed by atoms with Crippen molar-refractivity contribution in [3.05, 3.63) is 0 Å². The Morgan fingerprint density at radius 1 is 0.903 bits per heavy atom. The van der Waals surface area contributed by atoms with Gasteiger partial charge in [0.1, 0.15) is 12.2 Å². The fraction of sp³-hybridized carbons (Fsp3) is 0.905. The summed E-state index contributed by atoms with van der Waals surface area (Å²) in [5.41, 5.74) is 0. The molecule has 4 fully saturated rings. The van der Waals surface area contributed by atoms with Crippen LogP contribution in [0.3, 0.4) is 0 Å². The van der Waals surface area contributed by atoms with Crippen LogP contribution in [0.15, 0.2) is 0 Å². The predicted molar refractivity (Wildman–Crippen MR) is 117 cm³/mol. The van der Waals surface area contributed by atoms with Gasteiger partial charge in [0, 0.05) is 78.0 Å². The molecule has 0 radical (unpaired) electrons. The SMILES string of the molecule is O=C([C@H]1CCCO1)N1CCN(C[C@H](O)CCl)CC1.O=C([C@H]1CCCO1)N1CCNCC1. The van der Waals surface area contributed by atoms with E-state index in [9.17, 15) is 14.7 Å². The van der Waals surface area contributed by atoms with E-state index in [4.69, 9.17) is 21.1 Å². The minimum absolute atomic E-state index is 0.130. The van der Waals surface area contributed by atoms with Gasteiger partial charge in [-0.3, -0.25) is 14.5 Å². The van der Waals surface area contributed by atoms with E-state index in [2.05, 4.69) is 10.2 Å². The lowest BCUT2D eigenvalue weighted by atomic mass is 10.2. The molecule has 2 N–H and O–H groups in total. The van der Waals surface area contributed by atoms with Gasteiger partial charge in [-0.2, -0.15) is 0 Å². The van der Waals surface area contributed by atoms with Gasteiger partial charge in [0.2, 0.25) is 0 Å². The van der Waals surface area contributed by atoms with Gasteiger partial charge in [-0.1, -0.05) is 0 Å². The lowest BCUT2D eigenvalue weighted by Crippen LogP contribution is -2.52. The number of hydrogen-bond donors (Lipinski definition) is 2. The highest BCUT2D eigenvalue weighted by Gasteiger charge is 2.31. The monoisotopic (exact) mass is 460 g/mol. The maximum atomic E-state index is 12.1. The topological polar surface area (TPSA) is 94.6 Å². The highest BCUT2D eigenvalue weighted by Crippen LogP contribution is 2.16. The summed E-state index contributed by atoms with van der Waals surface area (Å²) in [5, 5.41) is 12.7. The van der Waals surface area contributed by atoms with E-state index in [0.717, 1.165) is 71.6 Å². The van der Waals surface area contributed by atoms with Crippen LogP contribution in [-0.2, 0) is 19.1 Å². The Kier molecular flexibility index (Phi) is 10.3. The molecule has 0 unspecified atom stereocenters. The van der Waals surface area contributed by atoms with Gasteiger partial charge in [0.15, 0.2) is 0 Å². The van der Waals surface area contributed by atoms with E-state index in [1.807, 2.05) is 9.80 Å². The van der Waals surface area contributed by atoms with Crippen LogP contribution in [0.5, 0.6) is 0 Å². The summed E-state index contributed by atoms with van der Waals surface area (Å²) < 4.78 is 10.8. The number of rotatable bonds is 5. The number of carbonyl (C=O) groups is 2. The number of nitrogens with one attached hydrogen (secondary N) is 1. The van der Waals surface area contributed by atoms with E-state index in [-0.39, 0.29) is 29.9 Å². The summed E-state index contributed by atoms with van der Waals surface area (Å²) in [6.07, 6.45) is 2.93. The summed E-state index contributed by atoms with van der Waals surface area (Å²) in [7, 11) is 0. The third-order valence-electron chi connectivity index (χ3n) is 6.17. The molecular formula is C21H37ClN4O5. The number of alkyl halides is 1. The number of aliphatic hydroxyl groups is 1. The van der Waals surface area contributed by atoms with Crippen LogP contribution in [0.25, 0.3) is 0 Å². The van der Waals surface area contributed by atoms with E-state index in [0.29, 0.717) is 26.2 Å². The molecule has 4 heterocycles. The van der Waals surface area contributed by atoms with Gasteiger partial charge >= 0.3 is 0 Å². The summed E-state index contributed by atoms with van der Waals surface area (Å²) in [5.74, 6) is 0.582. The molecule has 0 aromatic carbocycles. The first-order valence-electron chi connectivity index (χ1n) is 11.6. The molecule has 0 aromatic rings. The largest absolute Gasteiger partial charge is 0.391 e. The number of nitrogens with zero attached hydrogens (tertiary/aromatic N) is 3. The second-order valence-electron chi connectivity index (χ2n) is 8.51. The molecule has 0 spiro atoms. The molecule has 3 atom stereocenters. The Morgan fingerprint density at radius 3 is 1.87 bits per heavy atom. The van der Waals surface area contributed by atoms with Crippen molar-refractivity contribution in [3.63, 3.8) is 0 Å². The minimum Gasteiger partial charge on any atom is -0.391 e. The molecule has 4 rings (SSSR count). The van der Waals surface area contributed by atoms with Crippen molar-refractivity contribution >= 4 is 23.4 Å². The van der Waals surface area contributed by atoms with Crippen molar-refractivity contribution in [1.82, 2.24) is 20.0 Å². The van der Waals surface area contributed by atoms with Crippen molar-refractivity contribution in [1.29, 1.82) is 0 Å². The molecule has 0 saturated carbocycles. The van der Waals surface area contributed by atoms with Gasteiger partial charge in [-0.05, 0) is 25.7 Å². The first-order valence-corrected chi connectivity index (χ1v) is 12.1. The molecule has 31 heavy (non-hydrogen) atoms. The average Bonchev–Trinajstić information content (AvgIpc) is 3.54. The molecular weight excluding hydrogens is 424 g/mol. The van der Waals surface area contributed by atoms with E-state index < -0.39 is 6.10 Å². The smallest absolute Gasteiger partial charge is 0.251 e. The lowest BCUT2D eigenvalue weighted by Gasteiger charge is -2.36. The van der Waals surface area contributed by atoms with Crippen LogP contribution in [0.1, 0.15) is 25.7 Å². The summed E-state index contributed by atoms with van der Waals surface area (Å²) in [6.45, 7) is 8.57. The Hall–Kier alpha value is -0.970. The molecule has 10 heteroatoms. The predicted octanol–water partition coefficient (Wildman–Crippen LogP) is -0.493. The maximum absolute atomic E-state index is 12.1. The van der Waals surface area contributed by atoms with Crippen molar-refractivity contribution in [2.45, 2.75) is 44.0 Å². The Morgan fingerprint density at radius 2 is 1.42 bits per heavy atom. The molecule has 178 valence electrons. The van der Waals surface area contributed by atoms with Gasteiger partial charge in [0.05, 0.1) is 6.10 Å². The highest BCUT2D eigenvalue weighted by molar-refractivity contribution is 6.18. The molecule has 4 aliphatic heterocycles. The van der Waals surface area contributed by atoms with Crippen molar-refractivity contribution < 1.29 is 24.2 Å². The number of hydrogen-bond acceptors (Lipinski definition) is 7. The van der Waals surface area contributed by atoms with Crippen LogP contribution in [-0.4, -0.2) is 128 Å². The van der Waals surface area contributed by atoms with E-state index in [1.54, 1.807) is 0 Å². The van der Waals surface area contributed by atoms with Crippen LogP contribution in [0.2, 0.25) is 0 Å². The van der Waals surface area contributed by atoms with Crippen LogP contribution >= 0.6 is 11.6 Å². The fourth-order valence-corrected chi connectivity index (χ4v) is 4.43. The molecule has 0 aliphatic carbocycles. The Bertz CT molecular complexity index is 558. The normalized spacial score (nSPS) is 28.2. The van der Waals surface area contributed by atoms with Gasteiger partial charge < -0.3 is 29.7 Å². The van der Waals surface area contributed by atoms with E-state index in [1.165, 1.54) is 0 Å². The molecule has 4 aliphatic rings. The lowest BCUT2D eigenvalue weighted by molar-refractivity contribution is -0.143. The number of ether oxygens (including phenoxy) is 2. The third-order valence-corrected chi connectivity index (χ3v) is 6.53. The second kappa shape index (κ2) is 12.9. The van der Waals surface area contributed by atoms with Crippen LogP contribution in [0.4, 0.5) is 0 Å². The number of amides is 2. The van der Waals surface area contributed by atoms with Crippen molar-refractivity contribution in [2.24, 2.45) is 0 Å². The molecule has 4 saturated heterocycles. The quantitative estimate of drug-likeness (QED) is 0.534. The van der Waals surface area contributed by atoms with Crippen molar-refractivity contribution in [3.8, 4) is 0 Å². The van der Waals surface area contributed by atoms with E-state index >= 15 is 0 Å². The van der Waals surface area contributed by atoms with Gasteiger partial charge in [-0.25, -0.2) is 0 Å². The number of halogens is 1. The molecule has 0 aromatic heterocycles. The number of aliphatic hydroxyl groups excluding tert-OH is 1. The standard InChI is InChI=1S/C12H21ClN2O3.C9H16N2O2/c13-8-10(16)9-14-3-5-15(6-4-14)12(17)11-2-1-7-18-11;12-9(8-2-1-7-13-8)11-5-3-10-4-6-11/h10-11,16H,1-9H2;8,10H,1-7H2/t10-,11-;8-/m11/s1. The zero-order valence-corrected chi connectivity index (χ0v) is 19.1. The highest BCUT2D eigenvalue weighted by atomic mass is 35.5. The van der Waals surface area contributed by atoms with Gasteiger partial charge in [0.25, 0.3) is 11.8 Å². The zero-order valence-electron chi connectivity index (χ0n) is 18.3. The minimum atomic E-state index is -0.480. The second-order valence-corrected chi connectivity index (χ2v) is 8.82. The third kappa shape index (κ3) is 7.54. The molecule has 9 nitrogen and oxygen atoms in total. The Balaban J connectivity index is 0.000000185. The van der Waals surface area contributed by atoms with Crippen LogP contribution in [0, 0.1) is 0 Å². The van der Waals surface area contributed by atoms with Gasteiger partial charge in [-0.15, -0.1) is 11.6 Å². The first-order chi connectivity index (χ1) is 15.1. The summed E-state index contributed by atoms with van der Waals surface area (Å²) >= 11 is 5.58. The van der Waals surface area contributed by atoms with Crippen LogP contribution < -0.4 is 5.32 Å². The summed E-state index contributed by atoms with van der Waals surface area (Å²) in [6, 6.07) is 0. The fourth-order valence-electron chi connectivity index (χ4n) is 4.33. The van der Waals surface area contributed by atoms with Crippen molar-refractivity contribution in [2.75, 3.05) is 78.0 Å². The number of piperazine rings is 2. The average molecular weight is 461 g/mol. The maximum Gasteiger partial charge on any atom is 0.251 e. The number of β-amino-alcohol motifs (C(OH)–C–C–N with tert-alkyl or cyclic N) is 1.